The van der Waals surface area contributed by atoms with Crippen LogP contribution in [0.3, 0.4) is 0 Å². The number of carbonyl (C=O) groups excluding carboxylic acids is 1. The Hall–Kier alpha value is -1.31. The van der Waals surface area contributed by atoms with Gasteiger partial charge in [-0.25, -0.2) is 4.79 Å². The quantitative estimate of drug-likeness (QED) is 0.362. The van der Waals surface area contributed by atoms with Gasteiger partial charge in [-0.15, -0.1) is 0 Å². The summed E-state index contributed by atoms with van der Waals surface area (Å²) in [6, 6.07) is 9.71. The molecule has 0 aliphatic heterocycles. The Kier molecular flexibility index (Phi) is 6.49. The number of hydrogen-bond donors (Lipinski definition) is 0. The van der Waals surface area contributed by atoms with Crippen molar-refractivity contribution in [2.75, 3.05) is 0 Å². The minimum absolute atomic E-state index is 0.0109. The lowest BCUT2D eigenvalue weighted by Crippen LogP contribution is -2.68. The molecule has 0 saturated heterocycles. The lowest BCUT2D eigenvalue weighted by Gasteiger charge is -2.73. The van der Waals surface area contributed by atoms with Gasteiger partial charge in [0, 0.05) is 5.41 Å². The Morgan fingerprint density at radius 1 is 0.769 bits per heavy atom. The van der Waals surface area contributed by atoms with Crippen LogP contribution in [0.5, 0.6) is 0 Å². The van der Waals surface area contributed by atoms with Crippen LogP contribution >= 0.6 is 0 Å². The van der Waals surface area contributed by atoms with E-state index >= 15 is 0 Å². The number of benzene rings is 1. The Bertz CT molecular complexity index is 1090. The fourth-order valence-corrected chi connectivity index (χ4v) is 12.7. The van der Waals surface area contributed by atoms with Crippen molar-refractivity contribution in [1.82, 2.24) is 0 Å². The van der Waals surface area contributed by atoms with Crippen LogP contribution in [0.1, 0.15) is 130 Å². The molecule has 10 atom stereocenters. The monoisotopic (exact) mass is 532 g/mol. The van der Waals surface area contributed by atoms with Gasteiger partial charge in [-0.2, -0.15) is 0 Å². The first-order valence-electron chi connectivity index (χ1n) is 16.5. The Morgan fingerprint density at radius 3 is 2.18 bits per heavy atom. The first-order valence-corrected chi connectivity index (χ1v) is 16.5. The van der Waals surface area contributed by atoms with Crippen LogP contribution in [-0.2, 0) is 4.74 Å². The van der Waals surface area contributed by atoms with Gasteiger partial charge in [-0.1, -0.05) is 73.6 Å². The zero-order valence-electron chi connectivity index (χ0n) is 26.3. The molecule has 0 unspecified atom stereocenters. The van der Waals surface area contributed by atoms with Gasteiger partial charge < -0.3 is 4.74 Å². The molecule has 0 amide bonds. The van der Waals surface area contributed by atoms with E-state index in [2.05, 4.69) is 55.4 Å². The zero-order valence-corrected chi connectivity index (χ0v) is 26.3. The van der Waals surface area contributed by atoms with Gasteiger partial charge in [0.2, 0.25) is 0 Å². The van der Waals surface area contributed by atoms with Crippen molar-refractivity contribution in [3.8, 4) is 0 Å². The molecular weight excluding hydrogens is 476 g/mol. The largest absolute Gasteiger partial charge is 0.458 e. The number of ether oxygens (including phenoxy) is 1. The normalized spacial score (nSPS) is 48.4. The van der Waals surface area contributed by atoms with Gasteiger partial charge in [-0.05, 0) is 134 Å². The lowest BCUT2D eigenvalue weighted by molar-refractivity contribution is -0.260. The van der Waals surface area contributed by atoms with Crippen molar-refractivity contribution >= 4 is 5.97 Å². The average molecular weight is 533 g/mol. The summed E-state index contributed by atoms with van der Waals surface area (Å²) in [5.74, 6) is 4.50. The highest BCUT2D eigenvalue weighted by Crippen LogP contribution is 2.77. The first-order chi connectivity index (χ1) is 18.3. The van der Waals surface area contributed by atoms with Crippen LogP contribution in [0, 0.1) is 62.6 Å². The molecule has 5 fully saturated rings. The molecule has 0 bridgehead atoms. The molecular formula is C37H56O2. The molecule has 0 N–H and O–H groups in total. The topological polar surface area (TPSA) is 26.3 Å². The van der Waals surface area contributed by atoms with Crippen LogP contribution in [0.4, 0.5) is 0 Å². The van der Waals surface area contributed by atoms with Gasteiger partial charge in [-0.3, -0.25) is 0 Å². The average Bonchev–Trinajstić information content (AvgIpc) is 3.24. The third kappa shape index (κ3) is 3.81. The standard InChI is InChI=1S/C37H56O2/c1-24(2)26-16-20-34(5)22-23-35(6)27(31(26)34)14-15-29-36(35,7)21-17-28-33(3,4)19-18-30(37(28,29)8)39-32(38)25-12-10-9-11-13-25/h9-13,24,26-31H,14-23H2,1-8H3/t26-,27+,28-,29-,30+,31+,34+,35+,36-,37+/m0/s1. The van der Waals surface area contributed by atoms with E-state index in [0.717, 1.165) is 36.5 Å². The van der Waals surface area contributed by atoms with E-state index < -0.39 is 0 Å². The molecule has 0 heterocycles. The number of fused-ring (bicyclic) bond motifs is 7. The summed E-state index contributed by atoms with van der Waals surface area (Å²) in [7, 11) is 0. The van der Waals surface area contributed by atoms with Crippen molar-refractivity contribution in [1.29, 1.82) is 0 Å². The molecule has 5 saturated carbocycles. The smallest absolute Gasteiger partial charge is 0.338 e. The molecule has 2 nitrogen and oxygen atoms in total. The molecule has 39 heavy (non-hydrogen) atoms. The summed E-state index contributed by atoms with van der Waals surface area (Å²) in [5, 5.41) is 0. The van der Waals surface area contributed by atoms with Crippen molar-refractivity contribution in [2.45, 2.75) is 126 Å². The number of hydrogen-bond acceptors (Lipinski definition) is 2. The van der Waals surface area contributed by atoms with Crippen molar-refractivity contribution < 1.29 is 9.53 Å². The number of carbonyl (C=O) groups is 1. The molecule has 5 aliphatic rings. The van der Waals surface area contributed by atoms with E-state index in [0.29, 0.717) is 39.1 Å². The maximum absolute atomic E-state index is 13.5. The molecule has 2 heteroatoms. The third-order valence-electron chi connectivity index (χ3n) is 14.9. The highest BCUT2D eigenvalue weighted by Gasteiger charge is 2.71. The molecule has 216 valence electrons. The maximum atomic E-state index is 13.5. The minimum Gasteiger partial charge on any atom is -0.458 e. The molecule has 1 aromatic rings. The molecule has 0 radical (unpaired) electrons. The molecule has 0 aromatic heterocycles. The van der Waals surface area contributed by atoms with E-state index in [1.165, 1.54) is 51.4 Å². The molecule has 5 aliphatic carbocycles. The SMILES string of the molecule is CC(C)[C@@H]1CC[C@]2(C)CC[C@]3(C)[C@H](CC[C@@H]4[C@]5(C)[C@H](OC(=O)c6ccccc6)CCC(C)(C)[C@@H]5CC[C@@]43C)[C@@H]12. The maximum Gasteiger partial charge on any atom is 0.338 e. The van der Waals surface area contributed by atoms with Gasteiger partial charge in [0.15, 0.2) is 0 Å². The van der Waals surface area contributed by atoms with Crippen LogP contribution < -0.4 is 0 Å². The van der Waals surface area contributed by atoms with E-state index in [1.54, 1.807) is 0 Å². The second kappa shape index (κ2) is 9.09. The second-order valence-corrected chi connectivity index (χ2v) is 16.9. The summed E-state index contributed by atoms with van der Waals surface area (Å²) in [5.41, 5.74) is 2.25. The summed E-state index contributed by atoms with van der Waals surface area (Å²) in [6.45, 7) is 20.7. The van der Waals surface area contributed by atoms with Gasteiger partial charge in [0.25, 0.3) is 0 Å². The molecule has 1 aromatic carbocycles. The highest BCUT2D eigenvalue weighted by molar-refractivity contribution is 5.89. The van der Waals surface area contributed by atoms with Crippen LogP contribution in [0.25, 0.3) is 0 Å². The zero-order chi connectivity index (χ0) is 28.0. The Morgan fingerprint density at radius 2 is 1.49 bits per heavy atom. The van der Waals surface area contributed by atoms with E-state index in [1.807, 2.05) is 30.3 Å². The van der Waals surface area contributed by atoms with Crippen molar-refractivity contribution in [3.63, 3.8) is 0 Å². The summed E-state index contributed by atoms with van der Waals surface area (Å²) in [6.07, 6.45) is 13.2. The van der Waals surface area contributed by atoms with E-state index in [-0.39, 0.29) is 17.5 Å². The third-order valence-corrected chi connectivity index (χ3v) is 14.9. The lowest BCUT2D eigenvalue weighted by atomic mass is 9.32. The van der Waals surface area contributed by atoms with Crippen molar-refractivity contribution in [2.24, 2.45) is 62.6 Å². The fraction of sp³-hybridized carbons (Fsp3) is 0.811. The predicted molar refractivity (Wildman–Crippen MR) is 160 cm³/mol. The van der Waals surface area contributed by atoms with Crippen LogP contribution in [-0.4, -0.2) is 12.1 Å². The summed E-state index contributed by atoms with van der Waals surface area (Å²) in [4.78, 5) is 13.5. The van der Waals surface area contributed by atoms with Gasteiger partial charge >= 0.3 is 5.97 Å². The molecule has 6 rings (SSSR count). The Labute approximate surface area is 239 Å². The van der Waals surface area contributed by atoms with E-state index in [4.69, 9.17) is 4.74 Å². The van der Waals surface area contributed by atoms with Crippen LogP contribution in [0.15, 0.2) is 30.3 Å². The summed E-state index contributed by atoms with van der Waals surface area (Å²) >= 11 is 0. The summed E-state index contributed by atoms with van der Waals surface area (Å²) < 4.78 is 6.60. The van der Waals surface area contributed by atoms with E-state index in [9.17, 15) is 4.79 Å². The predicted octanol–water partition coefficient (Wildman–Crippen LogP) is 9.97. The second-order valence-electron chi connectivity index (χ2n) is 16.9. The van der Waals surface area contributed by atoms with Crippen molar-refractivity contribution in [3.05, 3.63) is 35.9 Å². The highest BCUT2D eigenvalue weighted by atomic mass is 16.5. The minimum atomic E-state index is -0.119. The van der Waals surface area contributed by atoms with Crippen LogP contribution in [0.2, 0.25) is 0 Å². The number of esters is 1. The molecule has 0 spiro atoms. The Balaban J connectivity index is 1.38. The van der Waals surface area contributed by atoms with Gasteiger partial charge in [0.05, 0.1) is 5.56 Å². The fourth-order valence-electron chi connectivity index (χ4n) is 12.7. The number of rotatable bonds is 3. The first kappa shape index (κ1) is 27.8. The van der Waals surface area contributed by atoms with Gasteiger partial charge in [0.1, 0.15) is 6.10 Å².